The van der Waals surface area contributed by atoms with Gasteiger partial charge < -0.3 is 10.2 Å². The number of carbonyl (C=O) groups is 1. The Morgan fingerprint density at radius 3 is 2.44 bits per heavy atom. The second-order valence-electron chi connectivity index (χ2n) is 5.51. The van der Waals surface area contributed by atoms with Crippen molar-refractivity contribution in [2.24, 2.45) is 5.92 Å². The highest BCUT2D eigenvalue weighted by Gasteiger charge is 2.30. The molecule has 1 saturated carbocycles. The van der Waals surface area contributed by atoms with Gasteiger partial charge in [-0.3, -0.25) is 4.79 Å². The van der Waals surface area contributed by atoms with Crippen molar-refractivity contribution in [1.82, 2.24) is 10.2 Å². The Morgan fingerprint density at radius 1 is 1.19 bits per heavy atom. The van der Waals surface area contributed by atoms with E-state index in [-0.39, 0.29) is 6.04 Å². The molecule has 1 N–H and O–H groups in total. The molecule has 1 aliphatic heterocycles. The second kappa shape index (κ2) is 5.17. The van der Waals surface area contributed by atoms with Crippen LogP contribution in [0.3, 0.4) is 0 Å². The first-order valence-corrected chi connectivity index (χ1v) is 6.68. The van der Waals surface area contributed by atoms with E-state index in [4.69, 9.17) is 0 Å². The molecule has 1 atom stereocenters. The van der Waals surface area contributed by atoms with Crippen LogP contribution in [0, 0.1) is 5.92 Å². The molecule has 1 heterocycles. The summed E-state index contributed by atoms with van der Waals surface area (Å²) in [4.78, 5) is 14.2. The van der Waals surface area contributed by atoms with Crippen molar-refractivity contribution >= 4 is 5.91 Å². The third-order valence-electron chi connectivity index (χ3n) is 4.24. The van der Waals surface area contributed by atoms with Crippen molar-refractivity contribution in [3.05, 3.63) is 0 Å². The van der Waals surface area contributed by atoms with Gasteiger partial charge in [-0.05, 0) is 51.0 Å². The smallest absolute Gasteiger partial charge is 0.239 e. The minimum absolute atomic E-state index is 0.101. The molecule has 0 aromatic carbocycles. The fourth-order valence-corrected chi connectivity index (χ4v) is 2.95. The van der Waals surface area contributed by atoms with Gasteiger partial charge in [0.05, 0.1) is 6.04 Å². The van der Waals surface area contributed by atoms with Crippen LogP contribution in [0.2, 0.25) is 0 Å². The molecule has 92 valence electrons. The average molecular weight is 224 g/mol. The summed E-state index contributed by atoms with van der Waals surface area (Å²) in [6.07, 6.45) is 7.10. The number of amides is 1. The third kappa shape index (κ3) is 2.57. The van der Waals surface area contributed by atoms with Crippen molar-refractivity contribution in [2.75, 3.05) is 13.6 Å². The van der Waals surface area contributed by atoms with Crippen LogP contribution < -0.4 is 5.32 Å². The van der Waals surface area contributed by atoms with Crippen LogP contribution in [0.4, 0.5) is 0 Å². The Hall–Kier alpha value is -0.570. The lowest BCUT2D eigenvalue weighted by atomic mass is 9.86. The molecule has 2 fully saturated rings. The van der Waals surface area contributed by atoms with Crippen molar-refractivity contribution in [3.8, 4) is 0 Å². The molecule has 0 bridgehead atoms. The van der Waals surface area contributed by atoms with Crippen molar-refractivity contribution in [2.45, 2.75) is 57.5 Å². The van der Waals surface area contributed by atoms with E-state index in [0.29, 0.717) is 11.9 Å². The van der Waals surface area contributed by atoms with Gasteiger partial charge in [-0.2, -0.15) is 0 Å². The molecule has 0 radical (unpaired) electrons. The van der Waals surface area contributed by atoms with Gasteiger partial charge in [0.2, 0.25) is 5.91 Å². The van der Waals surface area contributed by atoms with E-state index in [0.717, 1.165) is 25.3 Å². The zero-order valence-corrected chi connectivity index (χ0v) is 10.5. The molecule has 3 nitrogen and oxygen atoms in total. The van der Waals surface area contributed by atoms with E-state index in [1.807, 2.05) is 11.9 Å². The molecule has 0 spiro atoms. The van der Waals surface area contributed by atoms with Crippen LogP contribution in [0.15, 0.2) is 0 Å². The van der Waals surface area contributed by atoms with Crippen LogP contribution in [-0.4, -0.2) is 36.5 Å². The van der Waals surface area contributed by atoms with Crippen LogP contribution in [0.25, 0.3) is 0 Å². The van der Waals surface area contributed by atoms with E-state index in [1.165, 1.54) is 25.7 Å². The minimum Gasteiger partial charge on any atom is -0.341 e. The predicted molar refractivity (Wildman–Crippen MR) is 65.2 cm³/mol. The molecule has 16 heavy (non-hydrogen) atoms. The standard InChI is InChI=1S/C13H24N2O/c1-10-5-7-11(8-6-10)15(2)13(16)12-4-3-9-14-12/h10-12,14H,3-9H2,1-2H3. The zero-order chi connectivity index (χ0) is 11.5. The lowest BCUT2D eigenvalue weighted by Crippen LogP contribution is -2.47. The Morgan fingerprint density at radius 2 is 1.88 bits per heavy atom. The van der Waals surface area contributed by atoms with Crippen LogP contribution in [0.5, 0.6) is 0 Å². The maximum absolute atomic E-state index is 12.2. The fourth-order valence-electron chi connectivity index (χ4n) is 2.95. The fraction of sp³-hybridized carbons (Fsp3) is 0.923. The first kappa shape index (κ1) is 11.9. The second-order valence-corrected chi connectivity index (χ2v) is 5.51. The monoisotopic (exact) mass is 224 g/mol. The molecule has 1 amide bonds. The van der Waals surface area contributed by atoms with Gasteiger partial charge in [0.25, 0.3) is 0 Å². The lowest BCUT2D eigenvalue weighted by Gasteiger charge is -2.35. The van der Waals surface area contributed by atoms with Gasteiger partial charge in [-0.15, -0.1) is 0 Å². The molecule has 1 unspecified atom stereocenters. The average Bonchev–Trinajstić information content (AvgIpc) is 2.81. The van der Waals surface area contributed by atoms with Crippen LogP contribution in [-0.2, 0) is 4.79 Å². The van der Waals surface area contributed by atoms with Gasteiger partial charge in [-0.1, -0.05) is 6.92 Å². The van der Waals surface area contributed by atoms with Gasteiger partial charge in [0.1, 0.15) is 0 Å². The Balaban J connectivity index is 1.86. The normalized spacial score (nSPS) is 35.0. The number of nitrogens with zero attached hydrogens (tertiary/aromatic N) is 1. The van der Waals surface area contributed by atoms with Crippen LogP contribution in [0.1, 0.15) is 45.4 Å². The number of hydrogen-bond donors (Lipinski definition) is 1. The van der Waals surface area contributed by atoms with Crippen molar-refractivity contribution < 1.29 is 4.79 Å². The predicted octanol–water partition coefficient (Wildman–Crippen LogP) is 1.78. The summed E-state index contributed by atoms with van der Waals surface area (Å²) in [6.45, 7) is 3.32. The number of hydrogen-bond acceptors (Lipinski definition) is 2. The molecule has 3 heteroatoms. The van der Waals surface area contributed by atoms with Gasteiger partial charge >= 0.3 is 0 Å². The van der Waals surface area contributed by atoms with E-state index in [1.54, 1.807) is 0 Å². The number of rotatable bonds is 2. The maximum atomic E-state index is 12.2. The Kier molecular flexibility index (Phi) is 3.85. The maximum Gasteiger partial charge on any atom is 0.239 e. The van der Waals surface area contributed by atoms with E-state index < -0.39 is 0 Å². The summed E-state index contributed by atoms with van der Waals surface area (Å²) in [5.74, 6) is 1.17. The molecular formula is C13H24N2O. The third-order valence-corrected chi connectivity index (χ3v) is 4.24. The largest absolute Gasteiger partial charge is 0.341 e. The molecular weight excluding hydrogens is 200 g/mol. The number of nitrogens with one attached hydrogen (secondary N) is 1. The van der Waals surface area contributed by atoms with E-state index >= 15 is 0 Å². The number of carbonyl (C=O) groups excluding carboxylic acids is 1. The van der Waals surface area contributed by atoms with Gasteiger partial charge in [0, 0.05) is 13.1 Å². The summed E-state index contributed by atoms with van der Waals surface area (Å²) in [6, 6.07) is 0.593. The first-order chi connectivity index (χ1) is 7.68. The van der Waals surface area contributed by atoms with Crippen LogP contribution >= 0.6 is 0 Å². The molecule has 0 aromatic rings. The molecule has 1 aliphatic carbocycles. The summed E-state index contributed by atoms with van der Waals surface area (Å²) < 4.78 is 0. The highest BCUT2D eigenvalue weighted by atomic mass is 16.2. The van der Waals surface area contributed by atoms with Gasteiger partial charge in [-0.25, -0.2) is 0 Å². The lowest BCUT2D eigenvalue weighted by molar-refractivity contribution is -0.134. The Labute approximate surface area is 98.6 Å². The summed E-state index contributed by atoms with van der Waals surface area (Å²) >= 11 is 0. The molecule has 2 rings (SSSR count). The van der Waals surface area contributed by atoms with E-state index in [2.05, 4.69) is 12.2 Å². The molecule has 1 saturated heterocycles. The summed E-state index contributed by atoms with van der Waals surface area (Å²) in [7, 11) is 1.99. The van der Waals surface area contributed by atoms with Crippen molar-refractivity contribution in [1.29, 1.82) is 0 Å². The molecule has 0 aromatic heterocycles. The summed E-state index contributed by atoms with van der Waals surface area (Å²) in [5.41, 5.74) is 0. The van der Waals surface area contributed by atoms with Gasteiger partial charge in [0.15, 0.2) is 0 Å². The van der Waals surface area contributed by atoms with E-state index in [9.17, 15) is 4.79 Å². The highest BCUT2D eigenvalue weighted by molar-refractivity contribution is 5.82. The topological polar surface area (TPSA) is 32.3 Å². The molecule has 2 aliphatic rings. The first-order valence-electron chi connectivity index (χ1n) is 6.68. The SMILES string of the molecule is CC1CCC(N(C)C(=O)C2CCCN2)CC1. The summed E-state index contributed by atoms with van der Waals surface area (Å²) in [5, 5.41) is 3.29. The quantitative estimate of drug-likeness (QED) is 0.775. The zero-order valence-electron chi connectivity index (χ0n) is 10.5. The van der Waals surface area contributed by atoms with Crippen molar-refractivity contribution in [3.63, 3.8) is 0 Å². The number of likely N-dealkylation sites (N-methyl/N-ethyl adjacent to an activating group) is 1. The minimum atomic E-state index is 0.101. The Bertz CT molecular complexity index is 240. The highest BCUT2D eigenvalue weighted by Crippen LogP contribution is 2.27.